The van der Waals surface area contributed by atoms with E-state index in [0.29, 0.717) is 18.7 Å². The third-order valence-electron chi connectivity index (χ3n) is 4.68. The zero-order chi connectivity index (χ0) is 21.3. The van der Waals surface area contributed by atoms with E-state index in [-0.39, 0.29) is 25.0 Å². The number of ether oxygens (including phenoxy) is 1. The van der Waals surface area contributed by atoms with Crippen LogP contribution < -0.4 is 10.1 Å². The summed E-state index contributed by atoms with van der Waals surface area (Å²) in [5.41, 5.74) is 2.71. The zero-order valence-corrected chi connectivity index (χ0v) is 16.8. The van der Waals surface area contributed by atoms with Gasteiger partial charge in [0.1, 0.15) is 5.75 Å². The van der Waals surface area contributed by atoms with Gasteiger partial charge in [-0.1, -0.05) is 42.5 Å². The number of rotatable bonds is 10. The van der Waals surface area contributed by atoms with Crippen molar-refractivity contribution in [1.29, 1.82) is 0 Å². The predicted octanol–water partition coefficient (Wildman–Crippen LogP) is 3.20. The van der Waals surface area contributed by atoms with Crippen LogP contribution in [0.2, 0.25) is 0 Å². The molecule has 1 amide bonds. The first kappa shape index (κ1) is 21.1. The lowest BCUT2D eigenvalue weighted by Crippen LogP contribution is -2.31. The Hall–Kier alpha value is -3.61. The molecule has 0 aliphatic carbocycles. The molecular weight excluding hydrogens is 382 g/mol. The minimum absolute atomic E-state index is 0.00784. The molecule has 0 aliphatic rings. The Kier molecular flexibility index (Phi) is 7.21. The minimum Gasteiger partial charge on any atom is -0.483 e. The average molecular weight is 407 g/mol. The minimum atomic E-state index is -0.879. The van der Waals surface area contributed by atoms with E-state index in [1.54, 1.807) is 10.9 Å². The molecule has 3 rings (SSSR count). The molecule has 1 aromatic heterocycles. The fourth-order valence-corrected chi connectivity index (χ4v) is 3.11. The fourth-order valence-electron chi connectivity index (χ4n) is 3.11. The Bertz CT molecular complexity index is 971. The molecule has 7 nitrogen and oxygen atoms in total. The normalized spacial score (nSPS) is 11.6. The van der Waals surface area contributed by atoms with Crippen LogP contribution in [0.15, 0.2) is 67.0 Å². The number of carbonyl (C=O) groups excluding carboxylic acids is 1. The maximum absolute atomic E-state index is 12.4. The van der Waals surface area contributed by atoms with Crippen LogP contribution in [0.4, 0.5) is 0 Å². The van der Waals surface area contributed by atoms with Crippen LogP contribution in [-0.4, -0.2) is 33.4 Å². The van der Waals surface area contributed by atoms with Crippen molar-refractivity contribution in [3.63, 3.8) is 0 Å². The molecule has 7 heteroatoms. The van der Waals surface area contributed by atoms with Crippen LogP contribution in [0.1, 0.15) is 36.1 Å². The van der Waals surface area contributed by atoms with Crippen molar-refractivity contribution in [2.24, 2.45) is 0 Å². The fraction of sp³-hybridized carbons (Fsp3) is 0.261. The van der Waals surface area contributed by atoms with E-state index in [1.165, 1.54) is 0 Å². The summed E-state index contributed by atoms with van der Waals surface area (Å²) in [5, 5.41) is 16.1. The predicted molar refractivity (Wildman–Crippen MR) is 112 cm³/mol. The summed E-state index contributed by atoms with van der Waals surface area (Å²) in [6.45, 7) is 2.32. The number of hydrogen-bond acceptors (Lipinski definition) is 4. The van der Waals surface area contributed by atoms with Gasteiger partial charge in [0, 0.05) is 18.8 Å². The number of carboxylic acid groups (broad SMARTS) is 1. The third-order valence-corrected chi connectivity index (χ3v) is 4.68. The molecule has 1 heterocycles. The average Bonchev–Trinajstić information content (AvgIpc) is 3.25. The maximum Gasteiger partial charge on any atom is 0.303 e. The topological polar surface area (TPSA) is 93.5 Å². The molecular formula is C23H25N3O4. The van der Waals surface area contributed by atoms with Crippen molar-refractivity contribution in [3.05, 3.63) is 83.7 Å². The number of nitrogens with zero attached hydrogens (tertiary/aromatic N) is 2. The molecule has 0 bridgehead atoms. The van der Waals surface area contributed by atoms with Crippen molar-refractivity contribution in [2.75, 3.05) is 6.61 Å². The molecule has 0 spiro atoms. The summed E-state index contributed by atoms with van der Waals surface area (Å²) < 4.78 is 7.58. The number of carbonyl (C=O) groups is 2. The second kappa shape index (κ2) is 10.2. The first-order chi connectivity index (χ1) is 14.5. The Morgan fingerprint density at radius 1 is 1.17 bits per heavy atom. The first-order valence-corrected chi connectivity index (χ1v) is 9.79. The number of aromatic nitrogens is 2. The number of aliphatic carboxylic acids is 1. The van der Waals surface area contributed by atoms with Crippen molar-refractivity contribution in [1.82, 2.24) is 15.1 Å². The summed E-state index contributed by atoms with van der Waals surface area (Å²) >= 11 is 0. The number of amides is 1. The molecule has 1 unspecified atom stereocenters. The van der Waals surface area contributed by atoms with Gasteiger partial charge in [0.2, 0.25) is 0 Å². The van der Waals surface area contributed by atoms with Gasteiger partial charge >= 0.3 is 5.97 Å². The smallest absolute Gasteiger partial charge is 0.303 e. The van der Waals surface area contributed by atoms with E-state index >= 15 is 0 Å². The van der Waals surface area contributed by atoms with Crippen LogP contribution in [0.5, 0.6) is 5.75 Å². The molecule has 0 aliphatic heterocycles. The van der Waals surface area contributed by atoms with Crippen LogP contribution in [0.25, 0.3) is 0 Å². The second-order valence-corrected chi connectivity index (χ2v) is 7.03. The lowest BCUT2D eigenvalue weighted by atomic mass is 10.1. The summed E-state index contributed by atoms with van der Waals surface area (Å²) in [4.78, 5) is 23.3. The molecule has 0 saturated heterocycles. The molecule has 0 fully saturated rings. The van der Waals surface area contributed by atoms with Gasteiger partial charge < -0.3 is 15.2 Å². The van der Waals surface area contributed by atoms with Crippen LogP contribution in [-0.2, 0) is 22.6 Å². The van der Waals surface area contributed by atoms with E-state index < -0.39 is 5.97 Å². The van der Waals surface area contributed by atoms with Gasteiger partial charge in [-0.15, -0.1) is 0 Å². The molecule has 2 aromatic carbocycles. The summed E-state index contributed by atoms with van der Waals surface area (Å²) in [7, 11) is 0. The molecule has 0 radical (unpaired) electrons. The quantitative estimate of drug-likeness (QED) is 0.538. The number of benzene rings is 2. The largest absolute Gasteiger partial charge is 0.483 e. The number of nitrogens with one attached hydrogen (secondary N) is 1. The summed E-state index contributed by atoms with van der Waals surface area (Å²) in [5.74, 6) is -0.604. The number of carboxylic acids is 1. The SMILES string of the molecule is CC(NC(=O)COc1cc(Cn2cccn2)ccc1CCC(=O)O)c1ccccc1. The summed E-state index contributed by atoms with van der Waals surface area (Å²) in [6.07, 6.45) is 3.88. The molecule has 1 atom stereocenters. The Morgan fingerprint density at radius 2 is 1.97 bits per heavy atom. The van der Waals surface area contributed by atoms with Crippen LogP contribution in [0, 0.1) is 0 Å². The van der Waals surface area contributed by atoms with E-state index in [4.69, 9.17) is 9.84 Å². The van der Waals surface area contributed by atoms with Crippen molar-refractivity contribution in [3.8, 4) is 5.75 Å². The van der Waals surface area contributed by atoms with Crippen molar-refractivity contribution >= 4 is 11.9 Å². The van der Waals surface area contributed by atoms with E-state index in [0.717, 1.165) is 16.7 Å². The molecule has 156 valence electrons. The molecule has 0 saturated carbocycles. The van der Waals surface area contributed by atoms with Gasteiger partial charge in [-0.2, -0.15) is 5.10 Å². The highest BCUT2D eigenvalue weighted by Crippen LogP contribution is 2.23. The van der Waals surface area contributed by atoms with Crippen LogP contribution >= 0.6 is 0 Å². The van der Waals surface area contributed by atoms with Gasteiger partial charge in [-0.25, -0.2) is 0 Å². The lowest BCUT2D eigenvalue weighted by Gasteiger charge is -2.16. The zero-order valence-electron chi connectivity index (χ0n) is 16.8. The Labute approximate surface area is 175 Å². The highest BCUT2D eigenvalue weighted by molar-refractivity contribution is 5.78. The standard InChI is InChI=1S/C23H25N3O4/c1-17(19-6-3-2-4-7-19)25-22(27)16-30-21-14-18(15-26-13-5-12-24-26)8-9-20(21)10-11-23(28)29/h2-9,12-14,17H,10-11,15-16H2,1H3,(H,25,27)(H,28,29). The Balaban J connectivity index is 1.66. The van der Waals surface area contributed by atoms with Crippen LogP contribution in [0.3, 0.4) is 0 Å². The first-order valence-electron chi connectivity index (χ1n) is 9.79. The molecule has 3 aromatic rings. The van der Waals surface area contributed by atoms with Gasteiger partial charge in [-0.3, -0.25) is 14.3 Å². The second-order valence-electron chi connectivity index (χ2n) is 7.03. The maximum atomic E-state index is 12.4. The van der Waals surface area contributed by atoms with Gasteiger partial charge in [0.05, 0.1) is 12.6 Å². The van der Waals surface area contributed by atoms with Crippen molar-refractivity contribution < 1.29 is 19.4 Å². The molecule has 2 N–H and O–H groups in total. The van der Waals surface area contributed by atoms with Gasteiger partial charge in [0.25, 0.3) is 5.91 Å². The van der Waals surface area contributed by atoms with E-state index in [1.807, 2.05) is 67.7 Å². The van der Waals surface area contributed by atoms with Gasteiger partial charge in [-0.05, 0) is 42.2 Å². The summed E-state index contributed by atoms with van der Waals surface area (Å²) in [6, 6.07) is 17.0. The molecule has 30 heavy (non-hydrogen) atoms. The highest BCUT2D eigenvalue weighted by Gasteiger charge is 2.13. The van der Waals surface area contributed by atoms with Gasteiger partial charge in [0.15, 0.2) is 6.61 Å². The lowest BCUT2D eigenvalue weighted by molar-refractivity contribution is -0.137. The third kappa shape index (κ3) is 6.20. The highest BCUT2D eigenvalue weighted by atomic mass is 16.5. The Morgan fingerprint density at radius 3 is 2.67 bits per heavy atom. The van der Waals surface area contributed by atoms with E-state index in [2.05, 4.69) is 10.4 Å². The van der Waals surface area contributed by atoms with E-state index in [9.17, 15) is 9.59 Å². The van der Waals surface area contributed by atoms with Crippen molar-refractivity contribution in [2.45, 2.75) is 32.4 Å². The number of aryl methyl sites for hydroxylation is 1. The number of hydrogen-bond donors (Lipinski definition) is 2. The monoisotopic (exact) mass is 407 g/mol.